The number of morpholine rings is 1. The summed E-state index contributed by atoms with van der Waals surface area (Å²) in [7, 11) is 0. The molecule has 6 heteroatoms. The number of halogens is 1. The van der Waals surface area contributed by atoms with Gasteiger partial charge < -0.3 is 14.4 Å². The van der Waals surface area contributed by atoms with Gasteiger partial charge in [0.05, 0.1) is 17.8 Å². The Hall–Kier alpha value is -1.40. The van der Waals surface area contributed by atoms with Gasteiger partial charge in [0.2, 0.25) is 0 Å². The summed E-state index contributed by atoms with van der Waals surface area (Å²) < 4.78 is 11.3. The molecule has 5 nitrogen and oxygen atoms in total. The van der Waals surface area contributed by atoms with Crippen LogP contribution in [0, 0.1) is 0 Å². The minimum Gasteiger partial charge on any atom is -0.452 e. The Bertz CT molecular complexity index is 524. The van der Waals surface area contributed by atoms with Crippen molar-refractivity contribution >= 4 is 27.8 Å². The van der Waals surface area contributed by atoms with E-state index in [4.69, 9.17) is 9.47 Å². The fourth-order valence-electron chi connectivity index (χ4n) is 2.30. The number of ether oxygens (including phenoxy) is 2. The highest BCUT2D eigenvalue weighted by atomic mass is 79.9. The maximum Gasteiger partial charge on any atom is 0.339 e. The predicted molar refractivity (Wildman–Crippen MR) is 81.0 cm³/mol. The first-order chi connectivity index (χ1) is 9.97. The molecular weight excluding hydrogens is 338 g/mol. The molecule has 2 unspecified atom stereocenters. The van der Waals surface area contributed by atoms with Gasteiger partial charge in [-0.1, -0.05) is 12.1 Å². The van der Waals surface area contributed by atoms with Crippen molar-refractivity contribution in [3.8, 4) is 0 Å². The molecule has 0 N–H and O–H groups in total. The predicted octanol–water partition coefficient (Wildman–Crippen LogP) is 2.24. The quantitative estimate of drug-likeness (QED) is 0.780. The van der Waals surface area contributed by atoms with Crippen molar-refractivity contribution in [1.82, 2.24) is 4.90 Å². The normalized spacial score (nSPS) is 22.0. The van der Waals surface area contributed by atoms with Gasteiger partial charge in [-0.15, -0.1) is 0 Å². The van der Waals surface area contributed by atoms with Crippen LogP contribution in [0.2, 0.25) is 0 Å². The molecule has 2 atom stereocenters. The lowest BCUT2D eigenvalue weighted by Gasteiger charge is -2.35. The molecule has 0 spiro atoms. The van der Waals surface area contributed by atoms with E-state index in [-0.39, 0.29) is 24.7 Å². The minimum absolute atomic E-state index is 0.00308. The third kappa shape index (κ3) is 4.28. The number of carbonyl (C=O) groups excluding carboxylic acids is 2. The first-order valence-corrected chi connectivity index (χ1v) is 7.61. The van der Waals surface area contributed by atoms with Crippen molar-refractivity contribution in [2.45, 2.75) is 26.1 Å². The Morgan fingerprint density at radius 1 is 1.29 bits per heavy atom. The van der Waals surface area contributed by atoms with Crippen molar-refractivity contribution in [1.29, 1.82) is 0 Å². The monoisotopic (exact) mass is 355 g/mol. The Morgan fingerprint density at radius 3 is 2.52 bits per heavy atom. The molecule has 1 fully saturated rings. The highest BCUT2D eigenvalue weighted by Gasteiger charge is 2.26. The molecule has 1 heterocycles. The average Bonchev–Trinajstić information content (AvgIpc) is 2.43. The van der Waals surface area contributed by atoms with Gasteiger partial charge in [0.25, 0.3) is 5.91 Å². The SMILES string of the molecule is CC1CN(C(=O)COC(=O)c2ccccc2Br)CC(C)O1. The van der Waals surface area contributed by atoms with E-state index in [0.29, 0.717) is 23.1 Å². The van der Waals surface area contributed by atoms with Crippen molar-refractivity contribution in [3.05, 3.63) is 34.3 Å². The van der Waals surface area contributed by atoms with Crippen LogP contribution in [-0.4, -0.2) is 48.7 Å². The molecule has 0 radical (unpaired) electrons. The Morgan fingerprint density at radius 2 is 1.90 bits per heavy atom. The van der Waals surface area contributed by atoms with Crippen LogP contribution >= 0.6 is 15.9 Å². The van der Waals surface area contributed by atoms with E-state index in [9.17, 15) is 9.59 Å². The number of benzene rings is 1. The summed E-state index contributed by atoms with van der Waals surface area (Å²) in [5, 5.41) is 0. The van der Waals surface area contributed by atoms with Crippen LogP contribution in [0.3, 0.4) is 0 Å². The maximum atomic E-state index is 12.1. The van der Waals surface area contributed by atoms with Crippen LogP contribution in [-0.2, 0) is 14.3 Å². The molecule has 1 aliphatic heterocycles. The number of carbonyl (C=O) groups is 2. The Kier molecular flexibility index (Phi) is 5.36. The van der Waals surface area contributed by atoms with Crippen molar-refractivity contribution in [2.24, 2.45) is 0 Å². The van der Waals surface area contributed by atoms with Crippen LogP contribution in [0.1, 0.15) is 24.2 Å². The number of esters is 1. The van der Waals surface area contributed by atoms with E-state index in [0.717, 1.165) is 0 Å². The molecule has 21 heavy (non-hydrogen) atoms. The molecule has 114 valence electrons. The second-order valence-electron chi connectivity index (χ2n) is 5.11. The van der Waals surface area contributed by atoms with E-state index in [1.807, 2.05) is 19.9 Å². The van der Waals surface area contributed by atoms with Crippen LogP contribution in [0.4, 0.5) is 0 Å². The number of hydrogen-bond donors (Lipinski definition) is 0. The minimum atomic E-state index is -0.509. The van der Waals surface area contributed by atoms with E-state index in [2.05, 4.69) is 15.9 Å². The number of nitrogens with zero attached hydrogens (tertiary/aromatic N) is 1. The standard InChI is InChI=1S/C15H18BrNO4/c1-10-7-17(8-11(2)21-10)14(18)9-20-15(19)12-5-3-4-6-13(12)16/h3-6,10-11H,7-9H2,1-2H3. The summed E-state index contributed by atoms with van der Waals surface area (Å²) in [4.78, 5) is 25.7. The van der Waals surface area contributed by atoms with Crippen LogP contribution in [0.5, 0.6) is 0 Å². The fraction of sp³-hybridized carbons (Fsp3) is 0.467. The van der Waals surface area contributed by atoms with Gasteiger partial charge in [0.15, 0.2) is 6.61 Å². The zero-order valence-electron chi connectivity index (χ0n) is 12.0. The summed E-state index contributed by atoms with van der Waals surface area (Å²) in [6.07, 6.45) is -0.00617. The van der Waals surface area contributed by atoms with Crippen molar-refractivity contribution < 1.29 is 19.1 Å². The highest BCUT2D eigenvalue weighted by molar-refractivity contribution is 9.10. The van der Waals surface area contributed by atoms with Crippen LogP contribution < -0.4 is 0 Å². The maximum absolute atomic E-state index is 12.1. The molecule has 0 aliphatic carbocycles. The zero-order valence-corrected chi connectivity index (χ0v) is 13.6. The largest absolute Gasteiger partial charge is 0.452 e. The van der Waals surface area contributed by atoms with E-state index >= 15 is 0 Å². The first-order valence-electron chi connectivity index (χ1n) is 6.82. The molecule has 2 rings (SSSR count). The average molecular weight is 356 g/mol. The van der Waals surface area contributed by atoms with Crippen molar-refractivity contribution in [3.63, 3.8) is 0 Å². The van der Waals surface area contributed by atoms with Crippen molar-refractivity contribution in [2.75, 3.05) is 19.7 Å². The highest BCUT2D eigenvalue weighted by Crippen LogP contribution is 2.17. The lowest BCUT2D eigenvalue weighted by atomic mass is 10.2. The van der Waals surface area contributed by atoms with E-state index in [1.54, 1.807) is 23.1 Å². The van der Waals surface area contributed by atoms with Gasteiger partial charge in [-0.3, -0.25) is 4.79 Å². The third-order valence-corrected chi connectivity index (χ3v) is 3.88. The van der Waals surface area contributed by atoms with Gasteiger partial charge in [-0.25, -0.2) is 4.79 Å². The lowest BCUT2D eigenvalue weighted by Crippen LogP contribution is -2.49. The molecule has 1 aromatic carbocycles. The van der Waals surface area contributed by atoms with Crippen LogP contribution in [0.15, 0.2) is 28.7 Å². The summed E-state index contributed by atoms with van der Waals surface area (Å²) in [5.41, 5.74) is 0.411. The summed E-state index contributed by atoms with van der Waals surface area (Å²) in [6.45, 7) is 4.64. The Labute approximate surface area is 132 Å². The number of rotatable bonds is 3. The Balaban J connectivity index is 1.89. The molecular formula is C15H18BrNO4. The zero-order chi connectivity index (χ0) is 15.4. The molecule has 1 saturated heterocycles. The van der Waals surface area contributed by atoms with Crippen LogP contribution in [0.25, 0.3) is 0 Å². The molecule has 0 saturated carbocycles. The number of amides is 1. The molecule has 0 aromatic heterocycles. The van der Waals surface area contributed by atoms with Gasteiger partial charge in [0, 0.05) is 17.6 Å². The summed E-state index contributed by atoms with van der Waals surface area (Å²) in [6, 6.07) is 6.95. The second-order valence-corrected chi connectivity index (χ2v) is 5.97. The summed E-state index contributed by atoms with van der Waals surface area (Å²) in [5.74, 6) is -0.706. The molecule has 0 bridgehead atoms. The van der Waals surface area contributed by atoms with Gasteiger partial charge >= 0.3 is 5.97 Å². The fourth-order valence-corrected chi connectivity index (χ4v) is 2.75. The van der Waals surface area contributed by atoms with E-state index < -0.39 is 5.97 Å². The van der Waals surface area contributed by atoms with Gasteiger partial charge in [0.1, 0.15) is 0 Å². The van der Waals surface area contributed by atoms with E-state index in [1.165, 1.54) is 0 Å². The van der Waals surface area contributed by atoms with Gasteiger partial charge in [-0.05, 0) is 41.9 Å². The second kappa shape index (κ2) is 7.04. The number of hydrogen-bond acceptors (Lipinski definition) is 4. The first kappa shape index (κ1) is 16.0. The lowest BCUT2D eigenvalue weighted by molar-refractivity contribution is -0.146. The summed E-state index contributed by atoms with van der Waals surface area (Å²) >= 11 is 3.28. The smallest absolute Gasteiger partial charge is 0.339 e. The molecule has 1 aliphatic rings. The molecule has 1 amide bonds. The molecule has 1 aromatic rings. The topological polar surface area (TPSA) is 55.8 Å². The third-order valence-electron chi connectivity index (χ3n) is 3.19. The van der Waals surface area contributed by atoms with Gasteiger partial charge in [-0.2, -0.15) is 0 Å².